The molecule has 0 aromatic carbocycles. The van der Waals surface area contributed by atoms with Gasteiger partial charge in [-0.1, -0.05) is 34.6 Å². The van der Waals surface area contributed by atoms with E-state index < -0.39 is 5.97 Å². The van der Waals surface area contributed by atoms with Gasteiger partial charge in [0.1, 0.15) is 0 Å². The maximum Gasteiger partial charge on any atom is 0.335 e. The minimum Gasteiger partial charge on any atom is -0.478 e. The Morgan fingerprint density at radius 2 is 2.00 bits per heavy atom. The topological polar surface area (TPSA) is 50.2 Å². The number of rotatable bonds is 4. The van der Waals surface area contributed by atoms with Gasteiger partial charge >= 0.3 is 5.97 Å². The lowest BCUT2D eigenvalue weighted by Gasteiger charge is -2.19. The van der Waals surface area contributed by atoms with Gasteiger partial charge in [-0.15, -0.1) is 11.8 Å². The van der Waals surface area contributed by atoms with Gasteiger partial charge in [-0.05, 0) is 18.1 Å². The van der Waals surface area contributed by atoms with E-state index in [1.165, 1.54) is 0 Å². The maximum absolute atomic E-state index is 11.1. The molecule has 1 N–H and O–H groups in total. The van der Waals surface area contributed by atoms with Crippen LogP contribution in [0.2, 0.25) is 0 Å². The normalized spacial score (nSPS) is 11.9. The first kappa shape index (κ1) is 15.0. The van der Waals surface area contributed by atoms with Crippen molar-refractivity contribution in [1.82, 2.24) is 4.98 Å². The third kappa shape index (κ3) is 4.33. The molecule has 1 rings (SSSR count). The predicted molar refractivity (Wildman–Crippen MR) is 75.5 cm³/mol. The Morgan fingerprint density at radius 3 is 2.44 bits per heavy atom. The molecule has 100 valence electrons. The van der Waals surface area contributed by atoms with Crippen molar-refractivity contribution in [3.05, 3.63) is 23.4 Å². The molecule has 0 bridgehead atoms. The number of carboxylic acid groups (broad SMARTS) is 1. The molecule has 0 saturated heterocycles. The molecule has 0 aliphatic carbocycles. The van der Waals surface area contributed by atoms with Crippen LogP contribution >= 0.6 is 11.8 Å². The summed E-state index contributed by atoms with van der Waals surface area (Å²) in [5, 5.41) is 9.94. The Bertz CT molecular complexity index is 436. The Balaban J connectivity index is 3.10. The Morgan fingerprint density at radius 1 is 1.39 bits per heavy atom. The zero-order valence-electron chi connectivity index (χ0n) is 11.7. The van der Waals surface area contributed by atoms with Crippen molar-refractivity contribution in [1.29, 1.82) is 0 Å². The van der Waals surface area contributed by atoms with Gasteiger partial charge in [-0.25, -0.2) is 9.78 Å². The van der Waals surface area contributed by atoms with Crippen molar-refractivity contribution in [3.8, 4) is 0 Å². The molecule has 0 atom stereocenters. The number of hydrogen-bond acceptors (Lipinski definition) is 3. The predicted octanol–water partition coefficient (Wildman–Crippen LogP) is 3.83. The maximum atomic E-state index is 11.1. The van der Waals surface area contributed by atoms with Crippen molar-refractivity contribution in [3.63, 3.8) is 0 Å². The van der Waals surface area contributed by atoms with E-state index in [-0.39, 0.29) is 5.41 Å². The molecule has 0 unspecified atom stereocenters. The fourth-order valence-corrected chi connectivity index (χ4v) is 2.22. The lowest BCUT2D eigenvalue weighted by molar-refractivity contribution is 0.0696. The number of aromatic carboxylic acids is 1. The van der Waals surface area contributed by atoms with Gasteiger partial charge in [-0.3, -0.25) is 0 Å². The van der Waals surface area contributed by atoms with Crippen LogP contribution in [0.1, 0.15) is 50.7 Å². The van der Waals surface area contributed by atoms with Crippen molar-refractivity contribution >= 4 is 17.7 Å². The van der Waals surface area contributed by atoms with Crippen LogP contribution in [-0.2, 0) is 5.41 Å². The second-order valence-corrected chi connectivity index (χ2v) is 6.88. The average molecular weight is 267 g/mol. The molecular formula is C14H21NO2S. The number of carbonyl (C=O) groups is 1. The number of thioether (sulfide) groups is 1. The summed E-state index contributed by atoms with van der Waals surface area (Å²) < 4.78 is 0. The lowest BCUT2D eigenvalue weighted by Crippen LogP contribution is -2.15. The molecule has 1 aromatic heterocycles. The lowest BCUT2D eigenvalue weighted by atomic mass is 9.91. The van der Waals surface area contributed by atoms with E-state index in [1.807, 2.05) is 20.8 Å². The summed E-state index contributed by atoms with van der Waals surface area (Å²) in [6.45, 7) is 10.4. The molecule has 0 saturated carbocycles. The van der Waals surface area contributed by atoms with Crippen LogP contribution in [0.3, 0.4) is 0 Å². The van der Waals surface area contributed by atoms with Gasteiger partial charge in [0.25, 0.3) is 0 Å². The minimum absolute atomic E-state index is 0.140. The molecule has 0 aliphatic rings. The highest BCUT2D eigenvalue weighted by molar-refractivity contribution is 7.99. The molecule has 4 heteroatoms. The van der Waals surface area contributed by atoms with Gasteiger partial charge in [-0.2, -0.15) is 0 Å². The van der Waals surface area contributed by atoms with Crippen LogP contribution in [0, 0.1) is 5.92 Å². The van der Waals surface area contributed by atoms with Crippen molar-refractivity contribution in [2.45, 2.75) is 45.1 Å². The van der Waals surface area contributed by atoms with Gasteiger partial charge < -0.3 is 5.11 Å². The molecule has 0 radical (unpaired) electrons. The number of aromatic nitrogens is 1. The van der Waals surface area contributed by atoms with Gasteiger partial charge in [0.2, 0.25) is 0 Å². The second kappa shape index (κ2) is 5.74. The SMILES string of the molecule is CC(C)CSc1cc(C(=O)O)cc(C(C)(C)C)n1. The number of pyridine rings is 1. The Labute approximate surface area is 113 Å². The van der Waals surface area contributed by atoms with Crippen LogP contribution in [0.15, 0.2) is 17.2 Å². The molecule has 0 aliphatic heterocycles. The van der Waals surface area contributed by atoms with Crippen LogP contribution in [0.4, 0.5) is 0 Å². The summed E-state index contributed by atoms with van der Waals surface area (Å²) in [4.78, 5) is 15.7. The van der Waals surface area contributed by atoms with E-state index in [9.17, 15) is 4.79 Å². The minimum atomic E-state index is -0.894. The largest absolute Gasteiger partial charge is 0.478 e. The Kier molecular flexibility index (Phi) is 4.79. The van der Waals surface area contributed by atoms with Crippen LogP contribution in [0.5, 0.6) is 0 Å². The molecule has 0 spiro atoms. The summed E-state index contributed by atoms with van der Waals surface area (Å²) in [6.07, 6.45) is 0. The summed E-state index contributed by atoms with van der Waals surface area (Å²) in [6, 6.07) is 3.33. The van der Waals surface area contributed by atoms with E-state index in [1.54, 1.807) is 23.9 Å². The highest BCUT2D eigenvalue weighted by atomic mass is 32.2. The monoisotopic (exact) mass is 267 g/mol. The molecular weight excluding hydrogens is 246 g/mol. The van der Waals surface area contributed by atoms with Crippen molar-refractivity contribution in [2.75, 3.05) is 5.75 Å². The van der Waals surface area contributed by atoms with Crippen LogP contribution in [0.25, 0.3) is 0 Å². The summed E-state index contributed by atoms with van der Waals surface area (Å²) >= 11 is 1.62. The van der Waals surface area contributed by atoms with E-state index in [4.69, 9.17) is 5.11 Å². The summed E-state index contributed by atoms with van der Waals surface area (Å²) in [5.41, 5.74) is 1.01. The summed E-state index contributed by atoms with van der Waals surface area (Å²) in [7, 11) is 0. The van der Waals surface area contributed by atoms with E-state index in [0.29, 0.717) is 11.5 Å². The second-order valence-electron chi connectivity index (χ2n) is 5.84. The third-order valence-electron chi connectivity index (χ3n) is 2.38. The molecule has 0 amide bonds. The molecule has 1 aromatic rings. The standard InChI is InChI=1S/C14H21NO2S/c1-9(2)8-18-12-7-10(13(16)17)6-11(15-12)14(3,4)5/h6-7,9H,8H2,1-5H3,(H,16,17). The van der Waals surface area contributed by atoms with E-state index >= 15 is 0 Å². The highest BCUT2D eigenvalue weighted by Gasteiger charge is 2.19. The zero-order valence-corrected chi connectivity index (χ0v) is 12.5. The number of hydrogen-bond donors (Lipinski definition) is 1. The zero-order chi connectivity index (χ0) is 13.9. The molecule has 18 heavy (non-hydrogen) atoms. The first-order chi connectivity index (χ1) is 8.20. The van der Waals surface area contributed by atoms with Crippen LogP contribution in [-0.4, -0.2) is 21.8 Å². The third-order valence-corrected chi connectivity index (χ3v) is 3.72. The fraction of sp³-hybridized carbons (Fsp3) is 0.571. The van der Waals surface area contributed by atoms with E-state index in [2.05, 4.69) is 18.8 Å². The molecule has 3 nitrogen and oxygen atoms in total. The van der Waals surface area contributed by atoms with Crippen molar-refractivity contribution in [2.24, 2.45) is 5.92 Å². The van der Waals surface area contributed by atoms with E-state index in [0.717, 1.165) is 16.5 Å². The van der Waals surface area contributed by atoms with Crippen molar-refractivity contribution < 1.29 is 9.90 Å². The molecule has 1 heterocycles. The quantitative estimate of drug-likeness (QED) is 0.842. The first-order valence-corrected chi connectivity index (χ1v) is 7.07. The van der Waals surface area contributed by atoms with Gasteiger partial charge in [0.15, 0.2) is 0 Å². The first-order valence-electron chi connectivity index (χ1n) is 6.09. The van der Waals surface area contributed by atoms with Gasteiger partial charge in [0, 0.05) is 16.9 Å². The summed E-state index contributed by atoms with van der Waals surface area (Å²) in [5.74, 6) is 0.609. The average Bonchev–Trinajstić information content (AvgIpc) is 2.24. The fourth-order valence-electron chi connectivity index (χ4n) is 1.34. The number of nitrogens with zero attached hydrogens (tertiary/aromatic N) is 1. The molecule has 0 fully saturated rings. The smallest absolute Gasteiger partial charge is 0.335 e. The number of carboxylic acids is 1. The van der Waals surface area contributed by atoms with Gasteiger partial charge in [0.05, 0.1) is 10.6 Å². The van der Waals surface area contributed by atoms with Crippen LogP contribution < -0.4 is 0 Å². The Hall–Kier alpha value is -1.03. The highest BCUT2D eigenvalue weighted by Crippen LogP contribution is 2.26.